The third-order valence-corrected chi connectivity index (χ3v) is 4.72. The van der Waals surface area contributed by atoms with Crippen molar-refractivity contribution in [2.45, 2.75) is 58.1 Å². The Morgan fingerprint density at radius 3 is 2.67 bits per heavy atom. The molecule has 0 spiro atoms. The summed E-state index contributed by atoms with van der Waals surface area (Å²) < 4.78 is 7.03. The second-order valence-electron chi connectivity index (χ2n) is 7.99. The van der Waals surface area contributed by atoms with Crippen LogP contribution in [0.2, 0.25) is 0 Å². The lowest BCUT2D eigenvalue weighted by Crippen LogP contribution is -2.46. The number of carbonyl (C=O) groups is 2. The van der Waals surface area contributed by atoms with Gasteiger partial charge in [0.05, 0.1) is 11.9 Å². The van der Waals surface area contributed by atoms with Crippen molar-refractivity contribution < 1.29 is 14.3 Å². The van der Waals surface area contributed by atoms with Crippen LogP contribution in [0.25, 0.3) is 5.65 Å². The average Bonchev–Trinajstić information content (AvgIpc) is 2.95. The van der Waals surface area contributed by atoms with Gasteiger partial charge in [-0.1, -0.05) is 0 Å². The van der Waals surface area contributed by atoms with E-state index < -0.39 is 11.5 Å². The van der Waals surface area contributed by atoms with E-state index in [2.05, 4.69) is 10.1 Å². The monoisotopic (exact) mass is 375 g/mol. The first-order valence-electron chi connectivity index (χ1n) is 8.97. The van der Waals surface area contributed by atoms with E-state index >= 15 is 0 Å². The molecule has 0 aliphatic carbocycles. The standard InChI is InChI=1S/C18H25N5O4/c1-10-7-11(5-6-22(10)17(26)27-18(2,3)4)13-8-14(24)21-16-12(15(19)25)9-20-23(13)16/h8-11H,5-7H2,1-4H3,(H2,19,25)(H,21,24). The minimum Gasteiger partial charge on any atom is -0.444 e. The maximum atomic E-state index is 12.4. The van der Waals surface area contributed by atoms with Crippen LogP contribution in [-0.2, 0) is 4.74 Å². The number of rotatable bonds is 2. The molecule has 1 aliphatic rings. The normalized spacial score (nSPS) is 20.7. The highest BCUT2D eigenvalue weighted by Gasteiger charge is 2.33. The number of nitrogens with two attached hydrogens (primary N) is 1. The zero-order chi connectivity index (χ0) is 19.9. The summed E-state index contributed by atoms with van der Waals surface area (Å²) in [5.74, 6) is -0.630. The number of hydrogen-bond donors (Lipinski definition) is 2. The smallest absolute Gasteiger partial charge is 0.410 e. The first-order chi connectivity index (χ1) is 12.6. The quantitative estimate of drug-likeness (QED) is 0.826. The summed E-state index contributed by atoms with van der Waals surface area (Å²) >= 11 is 0. The van der Waals surface area contributed by atoms with Crippen molar-refractivity contribution in [2.24, 2.45) is 5.73 Å². The molecule has 1 aliphatic heterocycles. The molecule has 0 radical (unpaired) electrons. The molecule has 3 N–H and O–H groups in total. The molecule has 3 heterocycles. The van der Waals surface area contributed by atoms with Crippen LogP contribution >= 0.6 is 0 Å². The van der Waals surface area contributed by atoms with Crippen molar-refractivity contribution in [3.8, 4) is 0 Å². The molecule has 2 aromatic rings. The number of piperidine rings is 1. The lowest BCUT2D eigenvalue weighted by Gasteiger charge is -2.38. The molecular weight excluding hydrogens is 350 g/mol. The SMILES string of the molecule is CC1CC(c2cc(=O)[nH]c3c(C(N)=O)cnn23)CCN1C(=O)OC(C)(C)C. The molecule has 0 aromatic carbocycles. The Labute approximate surface area is 156 Å². The number of amides is 2. The number of hydrogen-bond acceptors (Lipinski definition) is 5. The van der Waals surface area contributed by atoms with Gasteiger partial charge in [0.2, 0.25) is 0 Å². The van der Waals surface area contributed by atoms with E-state index in [1.807, 2.05) is 27.7 Å². The van der Waals surface area contributed by atoms with E-state index in [1.165, 1.54) is 12.3 Å². The van der Waals surface area contributed by atoms with E-state index in [0.29, 0.717) is 30.7 Å². The molecule has 9 nitrogen and oxygen atoms in total. The van der Waals surface area contributed by atoms with Crippen LogP contribution in [0.3, 0.4) is 0 Å². The van der Waals surface area contributed by atoms with Crippen molar-refractivity contribution in [1.29, 1.82) is 0 Å². The minimum atomic E-state index is -0.647. The van der Waals surface area contributed by atoms with Crippen LogP contribution in [0, 0.1) is 0 Å². The maximum absolute atomic E-state index is 12.4. The van der Waals surface area contributed by atoms with Crippen LogP contribution in [-0.4, -0.2) is 49.7 Å². The summed E-state index contributed by atoms with van der Waals surface area (Å²) in [4.78, 5) is 40.4. The summed E-state index contributed by atoms with van der Waals surface area (Å²) in [5, 5.41) is 4.22. The second kappa shape index (κ2) is 6.71. The van der Waals surface area contributed by atoms with Gasteiger partial charge in [-0.05, 0) is 40.5 Å². The molecule has 0 bridgehead atoms. The second-order valence-corrected chi connectivity index (χ2v) is 7.99. The Morgan fingerprint density at radius 2 is 2.07 bits per heavy atom. The van der Waals surface area contributed by atoms with E-state index in [4.69, 9.17) is 10.5 Å². The molecule has 2 aromatic heterocycles. The fourth-order valence-electron chi connectivity index (χ4n) is 3.52. The van der Waals surface area contributed by atoms with Gasteiger partial charge in [0.1, 0.15) is 16.8 Å². The summed E-state index contributed by atoms with van der Waals surface area (Å²) in [7, 11) is 0. The molecule has 27 heavy (non-hydrogen) atoms. The molecule has 2 amide bonds. The van der Waals surface area contributed by atoms with E-state index in [9.17, 15) is 14.4 Å². The third-order valence-electron chi connectivity index (χ3n) is 4.72. The predicted octanol–water partition coefficient (Wildman–Crippen LogP) is 1.62. The van der Waals surface area contributed by atoms with E-state index in [-0.39, 0.29) is 29.2 Å². The third kappa shape index (κ3) is 3.81. The number of primary amides is 1. The fourth-order valence-corrected chi connectivity index (χ4v) is 3.52. The van der Waals surface area contributed by atoms with Crippen molar-refractivity contribution in [3.63, 3.8) is 0 Å². The zero-order valence-corrected chi connectivity index (χ0v) is 16.0. The topological polar surface area (TPSA) is 123 Å². The number of aromatic amines is 1. The van der Waals surface area contributed by atoms with Gasteiger partial charge in [0.25, 0.3) is 11.5 Å². The molecule has 3 rings (SSSR count). The number of nitrogens with one attached hydrogen (secondary N) is 1. The van der Waals surface area contributed by atoms with Crippen LogP contribution in [0.4, 0.5) is 4.79 Å². The zero-order valence-electron chi connectivity index (χ0n) is 16.0. The summed E-state index contributed by atoms with van der Waals surface area (Å²) in [6.45, 7) is 7.98. The van der Waals surface area contributed by atoms with Crippen molar-refractivity contribution >= 4 is 17.6 Å². The molecule has 1 saturated heterocycles. The van der Waals surface area contributed by atoms with Gasteiger partial charge < -0.3 is 20.4 Å². The van der Waals surface area contributed by atoms with Crippen molar-refractivity contribution in [1.82, 2.24) is 19.5 Å². The van der Waals surface area contributed by atoms with Gasteiger partial charge in [-0.25, -0.2) is 9.31 Å². The number of likely N-dealkylation sites (tertiary alicyclic amines) is 1. The highest BCUT2D eigenvalue weighted by molar-refractivity contribution is 5.98. The molecular formula is C18H25N5O4. The van der Waals surface area contributed by atoms with Gasteiger partial charge in [-0.15, -0.1) is 0 Å². The lowest BCUT2D eigenvalue weighted by molar-refractivity contribution is 0.0101. The molecule has 2 unspecified atom stereocenters. The van der Waals surface area contributed by atoms with E-state index in [0.717, 1.165) is 0 Å². The van der Waals surface area contributed by atoms with Crippen LogP contribution in [0.5, 0.6) is 0 Å². The molecule has 9 heteroatoms. The van der Waals surface area contributed by atoms with Gasteiger partial charge in [0, 0.05) is 24.6 Å². The van der Waals surface area contributed by atoms with Gasteiger partial charge in [-0.3, -0.25) is 9.59 Å². The summed E-state index contributed by atoms with van der Waals surface area (Å²) in [6.07, 6.45) is 2.34. The van der Waals surface area contributed by atoms with Crippen molar-refractivity contribution in [2.75, 3.05) is 6.54 Å². The van der Waals surface area contributed by atoms with E-state index in [1.54, 1.807) is 9.42 Å². The van der Waals surface area contributed by atoms with Gasteiger partial charge >= 0.3 is 6.09 Å². The van der Waals surface area contributed by atoms with Gasteiger partial charge in [-0.2, -0.15) is 5.10 Å². The fraction of sp³-hybridized carbons (Fsp3) is 0.556. The molecule has 1 fully saturated rings. The highest BCUT2D eigenvalue weighted by atomic mass is 16.6. The van der Waals surface area contributed by atoms with Crippen molar-refractivity contribution in [3.05, 3.63) is 33.9 Å². The minimum absolute atomic E-state index is 0.0177. The Kier molecular flexibility index (Phi) is 4.71. The number of aromatic nitrogens is 3. The van der Waals surface area contributed by atoms with Crippen LogP contribution < -0.4 is 11.3 Å². The number of carbonyl (C=O) groups excluding carboxylic acids is 2. The first kappa shape index (κ1) is 18.9. The summed E-state index contributed by atoms with van der Waals surface area (Å²) in [5.41, 5.74) is 5.67. The maximum Gasteiger partial charge on any atom is 0.410 e. The Balaban J connectivity index is 1.86. The first-order valence-corrected chi connectivity index (χ1v) is 8.97. The molecule has 146 valence electrons. The number of fused-ring (bicyclic) bond motifs is 1. The Hall–Kier alpha value is -2.84. The number of H-pyrrole nitrogens is 1. The lowest BCUT2D eigenvalue weighted by atomic mass is 9.89. The molecule has 0 saturated carbocycles. The summed E-state index contributed by atoms with van der Waals surface area (Å²) in [6, 6.07) is 1.43. The van der Waals surface area contributed by atoms with Crippen LogP contribution in [0.15, 0.2) is 17.1 Å². The highest BCUT2D eigenvalue weighted by Crippen LogP contribution is 2.32. The molecule has 2 atom stereocenters. The largest absolute Gasteiger partial charge is 0.444 e. The Bertz CT molecular complexity index is 939. The van der Waals surface area contributed by atoms with Gasteiger partial charge in [0.15, 0.2) is 0 Å². The Morgan fingerprint density at radius 1 is 1.37 bits per heavy atom. The average molecular weight is 375 g/mol. The predicted molar refractivity (Wildman–Crippen MR) is 98.7 cm³/mol. The van der Waals surface area contributed by atoms with Crippen LogP contribution in [0.1, 0.15) is 62.5 Å². The number of ether oxygens (including phenoxy) is 1. The number of nitrogens with zero attached hydrogens (tertiary/aromatic N) is 3.